The molecular weight excluding hydrogens is 300 g/mol. The lowest BCUT2D eigenvalue weighted by atomic mass is 10.1. The standard InChI is InChI=1S/C12H18N2O4S2/c1-9-3-4-11(13)12(10(9)2)20(17,18)14-5-7-19(15,16)8-6-14/h3-4H,5-8,13H2,1-2H3. The molecule has 0 aromatic heterocycles. The summed E-state index contributed by atoms with van der Waals surface area (Å²) in [6, 6.07) is 3.33. The van der Waals surface area contributed by atoms with E-state index in [-0.39, 0.29) is 35.2 Å². The van der Waals surface area contributed by atoms with Crippen LogP contribution in [0.4, 0.5) is 5.69 Å². The Kier molecular flexibility index (Phi) is 3.83. The van der Waals surface area contributed by atoms with Gasteiger partial charge in [-0.05, 0) is 31.0 Å². The highest BCUT2D eigenvalue weighted by Crippen LogP contribution is 2.29. The van der Waals surface area contributed by atoms with Gasteiger partial charge in [0.25, 0.3) is 0 Å². The molecule has 6 nitrogen and oxygen atoms in total. The van der Waals surface area contributed by atoms with Gasteiger partial charge in [0.05, 0.1) is 17.2 Å². The number of sulfonamides is 1. The van der Waals surface area contributed by atoms with Gasteiger partial charge in [-0.25, -0.2) is 16.8 Å². The molecule has 112 valence electrons. The number of aryl methyl sites for hydroxylation is 1. The highest BCUT2D eigenvalue weighted by molar-refractivity contribution is 7.92. The summed E-state index contributed by atoms with van der Waals surface area (Å²) < 4.78 is 49.3. The van der Waals surface area contributed by atoms with Crippen molar-refractivity contribution in [1.82, 2.24) is 4.31 Å². The molecule has 1 fully saturated rings. The Bertz CT molecular complexity index is 725. The van der Waals surface area contributed by atoms with Crippen molar-refractivity contribution in [1.29, 1.82) is 0 Å². The molecule has 0 unspecified atom stereocenters. The zero-order chi connectivity index (χ0) is 15.1. The van der Waals surface area contributed by atoms with Gasteiger partial charge in [-0.3, -0.25) is 0 Å². The second-order valence-corrected chi connectivity index (χ2v) is 9.16. The number of nitrogens with two attached hydrogens (primary N) is 1. The minimum atomic E-state index is -3.75. The van der Waals surface area contributed by atoms with Crippen molar-refractivity contribution in [3.63, 3.8) is 0 Å². The fourth-order valence-corrected chi connectivity index (χ4v) is 5.49. The normalized spacial score (nSPS) is 19.9. The molecule has 1 heterocycles. The predicted molar refractivity (Wildman–Crippen MR) is 77.7 cm³/mol. The van der Waals surface area contributed by atoms with E-state index in [4.69, 9.17) is 5.73 Å². The summed E-state index contributed by atoms with van der Waals surface area (Å²) in [5.74, 6) is -0.284. The quantitative estimate of drug-likeness (QED) is 0.791. The summed E-state index contributed by atoms with van der Waals surface area (Å²) in [6.07, 6.45) is 0. The van der Waals surface area contributed by atoms with Gasteiger partial charge < -0.3 is 5.73 Å². The molecule has 2 rings (SSSR count). The van der Waals surface area contributed by atoms with Crippen molar-refractivity contribution < 1.29 is 16.8 Å². The van der Waals surface area contributed by atoms with Crippen molar-refractivity contribution >= 4 is 25.5 Å². The molecule has 2 N–H and O–H groups in total. The summed E-state index contributed by atoms with van der Waals surface area (Å²) in [5.41, 5.74) is 7.45. The smallest absolute Gasteiger partial charge is 0.245 e. The molecule has 0 saturated carbocycles. The van der Waals surface area contributed by atoms with E-state index >= 15 is 0 Å². The molecule has 0 amide bonds. The maximum Gasteiger partial charge on any atom is 0.245 e. The summed E-state index contributed by atoms with van der Waals surface area (Å²) in [4.78, 5) is 0.0943. The SMILES string of the molecule is Cc1ccc(N)c(S(=O)(=O)N2CCS(=O)(=O)CC2)c1C. The monoisotopic (exact) mass is 318 g/mol. The second-order valence-electron chi connectivity index (χ2n) is 4.98. The summed E-state index contributed by atoms with van der Waals surface area (Å²) in [7, 11) is -6.88. The van der Waals surface area contributed by atoms with Crippen LogP contribution in [0.2, 0.25) is 0 Å². The van der Waals surface area contributed by atoms with Gasteiger partial charge in [0.2, 0.25) is 10.0 Å². The predicted octanol–water partition coefficient (Wildman–Crippen LogP) is 0.305. The lowest BCUT2D eigenvalue weighted by Crippen LogP contribution is -2.44. The van der Waals surface area contributed by atoms with Crippen LogP contribution in [0.5, 0.6) is 0 Å². The van der Waals surface area contributed by atoms with Crippen LogP contribution in [0, 0.1) is 13.8 Å². The lowest BCUT2D eigenvalue weighted by Gasteiger charge is -2.27. The van der Waals surface area contributed by atoms with Crippen molar-refractivity contribution in [3.8, 4) is 0 Å². The number of nitrogens with zero attached hydrogens (tertiary/aromatic N) is 1. The van der Waals surface area contributed by atoms with E-state index in [1.165, 1.54) is 4.31 Å². The van der Waals surface area contributed by atoms with E-state index in [2.05, 4.69) is 0 Å². The van der Waals surface area contributed by atoms with Gasteiger partial charge in [-0.15, -0.1) is 0 Å². The van der Waals surface area contributed by atoms with Crippen molar-refractivity contribution in [2.24, 2.45) is 0 Å². The van der Waals surface area contributed by atoms with Gasteiger partial charge in [0, 0.05) is 13.1 Å². The van der Waals surface area contributed by atoms with E-state index in [0.717, 1.165) is 5.56 Å². The number of hydrogen-bond donors (Lipinski definition) is 1. The number of sulfone groups is 1. The minimum Gasteiger partial charge on any atom is -0.398 e. The highest BCUT2D eigenvalue weighted by Gasteiger charge is 2.33. The zero-order valence-electron chi connectivity index (χ0n) is 11.5. The Hall–Kier alpha value is -1.12. The molecule has 0 radical (unpaired) electrons. The van der Waals surface area contributed by atoms with E-state index in [9.17, 15) is 16.8 Å². The third-order valence-corrected chi connectivity index (χ3v) is 7.32. The second kappa shape index (κ2) is 5.01. The first-order valence-electron chi connectivity index (χ1n) is 6.21. The minimum absolute atomic E-state index is 0.0164. The third kappa shape index (κ3) is 2.68. The molecule has 0 aliphatic carbocycles. The first kappa shape index (κ1) is 15.3. The van der Waals surface area contributed by atoms with Crippen LogP contribution in [0.25, 0.3) is 0 Å². The number of benzene rings is 1. The van der Waals surface area contributed by atoms with Crippen molar-refractivity contribution in [3.05, 3.63) is 23.3 Å². The van der Waals surface area contributed by atoms with Gasteiger partial charge in [-0.2, -0.15) is 4.31 Å². The molecule has 1 aromatic rings. The van der Waals surface area contributed by atoms with Crippen LogP contribution in [-0.4, -0.2) is 45.7 Å². The molecule has 1 saturated heterocycles. The molecule has 0 bridgehead atoms. The zero-order valence-corrected chi connectivity index (χ0v) is 13.1. The van der Waals surface area contributed by atoms with Crippen LogP contribution in [-0.2, 0) is 19.9 Å². The maximum atomic E-state index is 12.6. The fraction of sp³-hybridized carbons (Fsp3) is 0.500. The highest BCUT2D eigenvalue weighted by atomic mass is 32.2. The van der Waals surface area contributed by atoms with Crippen LogP contribution >= 0.6 is 0 Å². The lowest BCUT2D eigenvalue weighted by molar-refractivity contribution is 0.430. The molecule has 1 aliphatic heterocycles. The maximum absolute atomic E-state index is 12.6. The Morgan fingerprint density at radius 1 is 1.15 bits per heavy atom. The molecule has 1 aromatic carbocycles. The van der Waals surface area contributed by atoms with Gasteiger partial charge in [-0.1, -0.05) is 6.07 Å². The Balaban J connectivity index is 2.45. The molecule has 1 aliphatic rings. The first-order valence-corrected chi connectivity index (χ1v) is 9.47. The summed E-state index contributed by atoms with van der Waals surface area (Å²) >= 11 is 0. The van der Waals surface area contributed by atoms with Crippen LogP contribution in [0.15, 0.2) is 17.0 Å². The summed E-state index contributed by atoms with van der Waals surface area (Å²) in [6.45, 7) is 3.49. The van der Waals surface area contributed by atoms with E-state index in [1.54, 1.807) is 19.1 Å². The average molecular weight is 318 g/mol. The molecule has 8 heteroatoms. The summed E-state index contributed by atoms with van der Waals surface area (Å²) in [5, 5.41) is 0. The Morgan fingerprint density at radius 2 is 1.70 bits per heavy atom. The number of rotatable bonds is 2. The van der Waals surface area contributed by atoms with Gasteiger partial charge >= 0.3 is 0 Å². The van der Waals surface area contributed by atoms with Gasteiger partial charge in [0.1, 0.15) is 4.90 Å². The topological polar surface area (TPSA) is 97.5 Å². The molecule has 0 atom stereocenters. The molecular formula is C12H18N2O4S2. The van der Waals surface area contributed by atoms with Crippen LogP contribution in [0.3, 0.4) is 0 Å². The largest absolute Gasteiger partial charge is 0.398 e. The average Bonchev–Trinajstić information content (AvgIpc) is 2.33. The Labute approximate surface area is 119 Å². The fourth-order valence-electron chi connectivity index (χ4n) is 2.22. The van der Waals surface area contributed by atoms with Crippen molar-refractivity contribution in [2.45, 2.75) is 18.7 Å². The van der Waals surface area contributed by atoms with Crippen molar-refractivity contribution in [2.75, 3.05) is 30.3 Å². The van der Waals surface area contributed by atoms with E-state index in [0.29, 0.717) is 5.56 Å². The van der Waals surface area contributed by atoms with Gasteiger partial charge in [0.15, 0.2) is 9.84 Å². The number of hydrogen-bond acceptors (Lipinski definition) is 5. The van der Waals surface area contributed by atoms with E-state index in [1.807, 2.05) is 6.92 Å². The van der Waals surface area contributed by atoms with Crippen LogP contribution < -0.4 is 5.73 Å². The number of anilines is 1. The number of nitrogen functional groups attached to an aromatic ring is 1. The van der Waals surface area contributed by atoms with E-state index < -0.39 is 19.9 Å². The first-order chi connectivity index (χ1) is 9.15. The molecule has 20 heavy (non-hydrogen) atoms. The Morgan fingerprint density at radius 3 is 2.25 bits per heavy atom. The third-order valence-electron chi connectivity index (χ3n) is 3.61. The molecule has 0 spiro atoms. The van der Waals surface area contributed by atoms with Crippen LogP contribution in [0.1, 0.15) is 11.1 Å².